The maximum Gasteiger partial charge on any atom is 0.227 e. The Labute approximate surface area is 174 Å². The molecule has 1 amide bonds. The first kappa shape index (κ1) is 22.1. The average molecular weight is 391 g/mol. The lowest BCUT2D eigenvalue weighted by Gasteiger charge is -2.49. The van der Waals surface area contributed by atoms with Gasteiger partial charge < -0.3 is 9.80 Å². The van der Waals surface area contributed by atoms with Crippen LogP contribution in [0, 0.1) is 28.1 Å². The van der Waals surface area contributed by atoms with Gasteiger partial charge in [-0.25, -0.2) is 0 Å². The molecule has 0 N–H and O–H groups in total. The molecule has 0 unspecified atom stereocenters. The molecule has 1 aliphatic carbocycles. The maximum atomic E-state index is 12.5. The zero-order valence-electron chi connectivity index (χ0n) is 19.6. The van der Waals surface area contributed by atoms with E-state index < -0.39 is 0 Å². The smallest absolute Gasteiger partial charge is 0.227 e. The van der Waals surface area contributed by atoms with Crippen molar-refractivity contribution in [3.63, 3.8) is 0 Å². The van der Waals surface area contributed by atoms with E-state index in [1.54, 1.807) is 0 Å². The number of carbonyl (C=O) groups is 1. The van der Waals surface area contributed by atoms with Gasteiger partial charge in [0.2, 0.25) is 5.91 Å². The van der Waals surface area contributed by atoms with E-state index in [0.717, 1.165) is 24.9 Å². The summed E-state index contributed by atoms with van der Waals surface area (Å²) in [6, 6.07) is 0. The molecule has 162 valence electrons. The number of hydrogen-bond donors (Lipinski definition) is 0. The number of piperidine rings is 2. The highest BCUT2D eigenvalue weighted by Gasteiger charge is 2.41. The van der Waals surface area contributed by atoms with E-state index in [0.29, 0.717) is 16.7 Å². The molecule has 1 saturated carbocycles. The van der Waals surface area contributed by atoms with Gasteiger partial charge in [0.1, 0.15) is 0 Å². The molecule has 0 atom stereocenters. The Bertz CT molecular complexity index is 516. The second-order valence-corrected chi connectivity index (χ2v) is 12.4. The minimum atomic E-state index is -0.236. The molecule has 3 nitrogen and oxygen atoms in total. The zero-order chi connectivity index (χ0) is 20.6. The van der Waals surface area contributed by atoms with Crippen LogP contribution in [-0.2, 0) is 4.79 Å². The summed E-state index contributed by atoms with van der Waals surface area (Å²) in [5, 5.41) is 0. The molecular formula is C25H46N2O. The van der Waals surface area contributed by atoms with Crippen molar-refractivity contribution in [2.24, 2.45) is 28.1 Å². The van der Waals surface area contributed by atoms with Crippen molar-refractivity contribution in [1.29, 1.82) is 0 Å². The number of nitrogens with zero attached hydrogens (tertiary/aromatic N) is 2. The van der Waals surface area contributed by atoms with Crippen molar-refractivity contribution >= 4 is 5.91 Å². The molecule has 2 heterocycles. The quantitative estimate of drug-likeness (QED) is 0.613. The molecule has 2 saturated heterocycles. The molecule has 3 aliphatic rings. The second kappa shape index (κ2) is 8.28. The van der Waals surface area contributed by atoms with Crippen LogP contribution in [-0.4, -0.2) is 48.4 Å². The fourth-order valence-electron chi connectivity index (χ4n) is 5.96. The van der Waals surface area contributed by atoms with Gasteiger partial charge in [-0.3, -0.25) is 4.79 Å². The fraction of sp³-hybridized carbons (Fsp3) is 0.960. The van der Waals surface area contributed by atoms with Crippen LogP contribution in [0.4, 0.5) is 0 Å². The van der Waals surface area contributed by atoms with Crippen LogP contribution in [0.25, 0.3) is 0 Å². The normalized spacial score (nSPS) is 26.0. The number of hydrogen-bond acceptors (Lipinski definition) is 2. The summed E-state index contributed by atoms with van der Waals surface area (Å²) in [7, 11) is 0. The van der Waals surface area contributed by atoms with Crippen LogP contribution in [0.2, 0.25) is 0 Å². The molecule has 3 heteroatoms. The minimum Gasteiger partial charge on any atom is -0.342 e. The Morgan fingerprint density at radius 2 is 1.36 bits per heavy atom. The van der Waals surface area contributed by atoms with Crippen LogP contribution >= 0.6 is 0 Å². The van der Waals surface area contributed by atoms with Crippen molar-refractivity contribution in [1.82, 2.24) is 9.80 Å². The van der Waals surface area contributed by atoms with Crippen LogP contribution in [0.1, 0.15) is 92.9 Å². The minimum absolute atomic E-state index is 0.236. The van der Waals surface area contributed by atoms with Gasteiger partial charge in [-0.2, -0.15) is 0 Å². The third kappa shape index (κ3) is 5.32. The van der Waals surface area contributed by atoms with E-state index in [-0.39, 0.29) is 5.41 Å². The first-order valence-electron chi connectivity index (χ1n) is 12.0. The van der Waals surface area contributed by atoms with Gasteiger partial charge in [-0.15, -0.1) is 0 Å². The van der Waals surface area contributed by atoms with Gasteiger partial charge in [0.15, 0.2) is 0 Å². The monoisotopic (exact) mass is 390 g/mol. The first-order chi connectivity index (χ1) is 13.0. The number of amides is 1. The number of likely N-dealkylation sites (tertiary alicyclic amines) is 2. The number of carbonyl (C=O) groups excluding carboxylic acids is 1. The highest BCUT2D eigenvalue weighted by atomic mass is 16.2. The summed E-state index contributed by atoms with van der Waals surface area (Å²) in [5.74, 6) is 2.04. The Balaban J connectivity index is 1.40. The molecule has 0 aromatic rings. The lowest BCUT2D eigenvalue weighted by atomic mass is 9.61. The van der Waals surface area contributed by atoms with E-state index in [4.69, 9.17) is 0 Å². The largest absolute Gasteiger partial charge is 0.342 e. The Kier molecular flexibility index (Phi) is 6.54. The van der Waals surface area contributed by atoms with Crippen molar-refractivity contribution in [3.05, 3.63) is 0 Å². The molecule has 0 aromatic heterocycles. The van der Waals surface area contributed by atoms with Gasteiger partial charge in [-0.1, -0.05) is 41.5 Å². The Morgan fingerprint density at radius 1 is 0.821 bits per heavy atom. The predicted octanol–water partition coefficient (Wildman–Crippen LogP) is 5.59. The van der Waals surface area contributed by atoms with E-state index in [2.05, 4.69) is 30.6 Å². The maximum absolute atomic E-state index is 12.5. The average Bonchev–Trinajstić information content (AvgIpc) is 2.63. The predicted molar refractivity (Wildman–Crippen MR) is 118 cm³/mol. The molecule has 0 radical (unpaired) electrons. The lowest BCUT2D eigenvalue weighted by Crippen LogP contribution is -2.47. The Hall–Kier alpha value is -0.570. The van der Waals surface area contributed by atoms with Crippen LogP contribution in [0.15, 0.2) is 0 Å². The van der Waals surface area contributed by atoms with Gasteiger partial charge >= 0.3 is 0 Å². The molecule has 0 bridgehead atoms. The summed E-state index contributed by atoms with van der Waals surface area (Å²) in [5.41, 5.74) is 0.923. The molecule has 28 heavy (non-hydrogen) atoms. The summed E-state index contributed by atoms with van der Waals surface area (Å²) in [6.07, 6.45) is 11.1. The van der Waals surface area contributed by atoms with Gasteiger partial charge in [-0.05, 0) is 87.1 Å². The SMILES string of the molecule is CC(C)(C)C(=O)N1CCC(CN2CCC3(CCC(C(C)(C)C)CC3)CC2)CC1. The van der Waals surface area contributed by atoms with Gasteiger partial charge in [0.05, 0.1) is 0 Å². The van der Waals surface area contributed by atoms with Crippen molar-refractivity contribution < 1.29 is 4.79 Å². The van der Waals surface area contributed by atoms with Gasteiger partial charge in [0.25, 0.3) is 0 Å². The molecule has 0 aromatic carbocycles. The first-order valence-corrected chi connectivity index (χ1v) is 12.0. The topological polar surface area (TPSA) is 23.6 Å². The standard InChI is InChI=1S/C25H46N2O/c1-23(2,3)21-7-11-25(12-8-21)13-17-26(18-14-25)19-20-9-15-27(16-10-20)22(28)24(4,5)6/h20-21H,7-19H2,1-6H3. The highest BCUT2D eigenvalue weighted by Crippen LogP contribution is 2.50. The molecule has 3 fully saturated rings. The summed E-state index contributed by atoms with van der Waals surface area (Å²) >= 11 is 0. The lowest BCUT2D eigenvalue weighted by molar-refractivity contribution is -0.141. The van der Waals surface area contributed by atoms with Gasteiger partial charge in [0, 0.05) is 25.0 Å². The van der Waals surface area contributed by atoms with Crippen LogP contribution in [0.5, 0.6) is 0 Å². The highest BCUT2D eigenvalue weighted by molar-refractivity contribution is 5.81. The van der Waals surface area contributed by atoms with E-state index in [1.807, 2.05) is 20.8 Å². The van der Waals surface area contributed by atoms with Crippen LogP contribution in [0.3, 0.4) is 0 Å². The van der Waals surface area contributed by atoms with Crippen molar-refractivity contribution in [2.45, 2.75) is 92.9 Å². The van der Waals surface area contributed by atoms with Crippen molar-refractivity contribution in [2.75, 3.05) is 32.7 Å². The molecule has 3 rings (SSSR count). The molecular weight excluding hydrogens is 344 g/mol. The summed E-state index contributed by atoms with van der Waals surface area (Å²) < 4.78 is 0. The Morgan fingerprint density at radius 3 is 1.82 bits per heavy atom. The second-order valence-electron chi connectivity index (χ2n) is 12.4. The van der Waals surface area contributed by atoms with Crippen LogP contribution < -0.4 is 0 Å². The molecule has 2 aliphatic heterocycles. The zero-order valence-corrected chi connectivity index (χ0v) is 19.6. The fourth-order valence-corrected chi connectivity index (χ4v) is 5.96. The van der Waals surface area contributed by atoms with E-state index in [1.165, 1.54) is 71.0 Å². The molecule has 1 spiro atoms. The summed E-state index contributed by atoms with van der Waals surface area (Å²) in [6.45, 7) is 19.2. The van der Waals surface area contributed by atoms with Crippen molar-refractivity contribution in [3.8, 4) is 0 Å². The summed E-state index contributed by atoms with van der Waals surface area (Å²) in [4.78, 5) is 17.3. The third-order valence-electron chi connectivity index (χ3n) is 8.25. The van der Waals surface area contributed by atoms with E-state index >= 15 is 0 Å². The third-order valence-corrected chi connectivity index (χ3v) is 8.25. The number of rotatable bonds is 2. The van der Waals surface area contributed by atoms with E-state index in [9.17, 15) is 4.79 Å².